The summed E-state index contributed by atoms with van der Waals surface area (Å²) in [4.78, 5) is 2.48. The Morgan fingerprint density at radius 1 is 1.56 bits per heavy atom. The zero-order chi connectivity index (χ0) is 12.0. The maximum atomic E-state index is 5.54. The number of hydrogen-bond acceptors (Lipinski definition) is 3. The average Bonchev–Trinajstić information content (AvgIpc) is 2.24. The third-order valence-electron chi connectivity index (χ3n) is 3.23. The predicted octanol–water partition coefficient (Wildman–Crippen LogP) is 1.65. The van der Waals surface area contributed by atoms with Crippen LogP contribution in [-0.4, -0.2) is 49.8 Å². The maximum absolute atomic E-state index is 5.54. The predicted molar refractivity (Wildman–Crippen MR) is 68.8 cm³/mol. The smallest absolute Gasteiger partial charge is 0.0672 e. The van der Waals surface area contributed by atoms with Gasteiger partial charge in [0, 0.05) is 31.7 Å². The lowest BCUT2D eigenvalue weighted by Gasteiger charge is -2.41. The fraction of sp³-hybridized carbons (Fsp3) is 0.846. The lowest BCUT2D eigenvalue weighted by atomic mass is 9.96. The summed E-state index contributed by atoms with van der Waals surface area (Å²) in [6, 6.07) is 0. The zero-order valence-corrected chi connectivity index (χ0v) is 11.0. The van der Waals surface area contributed by atoms with Gasteiger partial charge in [-0.1, -0.05) is 19.1 Å². The molecule has 1 rings (SSSR count). The first-order chi connectivity index (χ1) is 7.56. The van der Waals surface area contributed by atoms with E-state index in [0.29, 0.717) is 6.61 Å². The van der Waals surface area contributed by atoms with Gasteiger partial charge in [-0.3, -0.25) is 4.90 Å². The van der Waals surface area contributed by atoms with E-state index >= 15 is 0 Å². The fourth-order valence-corrected chi connectivity index (χ4v) is 2.01. The van der Waals surface area contributed by atoms with Gasteiger partial charge < -0.3 is 10.1 Å². The Labute approximate surface area is 99.8 Å². The van der Waals surface area contributed by atoms with Crippen molar-refractivity contribution >= 4 is 0 Å². The molecule has 0 bridgehead atoms. The molecule has 0 aromatic carbocycles. The molecule has 0 aromatic heterocycles. The molecule has 0 amide bonds. The first-order valence-electron chi connectivity index (χ1n) is 6.25. The molecule has 1 aliphatic heterocycles. The maximum Gasteiger partial charge on any atom is 0.0672 e. The van der Waals surface area contributed by atoms with Crippen LogP contribution in [0.2, 0.25) is 0 Å². The fourth-order valence-electron chi connectivity index (χ4n) is 2.01. The van der Waals surface area contributed by atoms with Crippen LogP contribution in [0.1, 0.15) is 27.2 Å². The summed E-state index contributed by atoms with van der Waals surface area (Å²) in [5.41, 5.74) is 1.38. The Bertz CT molecular complexity index is 230. The molecule has 16 heavy (non-hydrogen) atoms. The highest BCUT2D eigenvalue weighted by Crippen LogP contribution is 2.14. The van der Waals surface area contributed by atoms with Crippen LogP contribution >= 0.6 is 0 Å². The highest BCUT2D eigenvalue weighted by atomic mass is 16.5. The largest absolute Gasteiger partial charge is 0.376 e. The molecule has 1 atom stereocenters. The molecule has 3 heteroatoms. The number of rotatable bonds is 6. The summed E-state index contributed by atoms with van der Waals surface area (Å²) in [6.45, 7) is 16.2. The van der Waals surface area contributed by atoms with Crippen molar-refractivity contribution in [3.63, 3.8) is 0 Å². The zero-order valence-electron chi connectivity index (χ0n) is 11.0. The molecule has 1 aliphatic rings. The lowest BCUT2D eigenvalue weighted by molar-refractivity contribution is 0.0845. The summed E-state index contributed by atoms with van der Waals surface area (Å²) in [7, 11) is 0. The summed E-state index contributed by atoms with van der Waals surface area (Å²) in [5.74, 6) is 0. The van der Waals surface area contributed by atoms with Gasteiger partial charge in [-0.05, 0) is 20.3 Å². The second kappa shape index (κ2) is 6.38. The van der Waals surface area contributed by atoms with E-state index in [9.17, 15) is 0 Å². The van der Waals surface area contributed by atoms with E-state index < -0.39 is 0 Å². The number of ether oxygens (including phenoxy) is 1. The molecule has 1 fully saturated rings. The highest BCUT2D eigenvalue weighted by Gasteiger charge is 2.28. The first kappa shape index (κ1) is 13.7. The number of nitrogens with zero attached hydrogens (tertiary/aromatic N) is 1. The van der Waals surface area contributed by atoms with E-state index in [4.69, 9.17) is 4.74 Å². The van der Waals surface area contributed by atoms with Gasteiger partial charge in [0.25, 0.3) is 0 Å². The van der Waals surface area contributed by atoms with Crippen molar-refractivity contribution in [2.45, 2.75) is 32.7 Å². The molecule has 0 spiro atoms. The van der Waals surface area contributed by atoms with Crippen molar-refractivity contribution in [1.82, 2.24) is 10.2 Å². The monoisotopic (exact) mass is 226 g/mol. The van der Waals surface area contributed by atoms with Gasteiger partial charge in [0.1, 0.15) is 0 Å². The van der Waals surface area contributed by atoms with Crippen molar-refractivity contribution in [3.05, 3.63) is 12.2 Å². The molecule has 1 saturated heterocycles. The highest BCUT2D eigenvalue weighted by molar-refractivity contribution is 4.90. The second-order valence-electron chi connectivity index (χ2n) is 5.13. The van der Waals surface area contributed by atoms with Crippen LogP contribution in [0.15, 0.2) is 12.2 Å². The minimum atomic E-state index is 0.284. The second-order valence-corrected chi connectivity index (χ2v) is 5.13. The molecule has 0 aliphatic carbocycles. The van der Waals surface area contributed by atoms with Gasteiger partial charge in [0.15, 0.2) is 0 Å². The molecule has 94 valence electrons. The van der Waals surface area contributed by atoms with Crippen LogP contribution in [0, 0.1) is 0 Å². The summed E-state index contributed by atoms with van der Waals surface area (Å²) in [6.07, 6.45) is 1.18. The van der Waals surface area contributed by atoms with Crippen molar-refractivity contribution in [3.8, 4) is 0 Å². The van der Waals surface area contributed by atoms with Crippen LogP contribution in [-0.2, 0) is 4.74 Å². The van der Waals surface area contributed by atoms with Gasteiger partial charge in [-0.25, -0.2) is 0 Å². The van der Waals surface area contributed by atoms with Gasteiger partial charge in [-0.15, -0.1) is 0 Å². The van der Waals surface area contributed by atoms with Crippen molar-refractivity contribution in [1.29, 1.82) is 0 Å². The Morgan fingerprint density at radius 3 is 2.94 bits per heavy atom. The van der Waals surface area contributed by atoms with Gasteiger partial charge >= 0.3 is 0 Å². The van der Waals surface area contributed by atoms with E-state index in [-0.39, 0.29) is 5.54 Å². The molecule has 1 N–H and O–H groups in total. The van der Waals surface area contributed by atoms with Crippen molar-refractivity contribution < 1.29 is 4.74 Å². The lowest BCUT2D eigenvalue weighted by Crippen LogP contribution is -2.58. The molecular weight excluding hydrogens is 200 g/mol. The van der Waals surface area contributed by atoms with E-state index in [1.807, 2.05) is 6.92 Å². The Balaban J connectivity index is 2.19. The molecular formula is C13H26N2O. The van der Waals surface area contributed by atoms with Crippen LogP contribution in [0.5, 0.6) is 0 Å². The minimum absolute atomic E-state index is 0.284. The minimum Gasteiger partial charge on any atom is -0.376 e. The Kier molecular flexibility index (Phi) is 5.46. The van der Waals surface area contributed by atoms with Crippen LogP contribution in [0.25, 0.3) is 0 Å². The van der Waals surface area contributed by atoms with E-state index in [1.54, 1.807) is 0 Å². The topological polar surface area (TPSA) is 24.5 Å². The average molecular weight is 226 g/mol. The first-order valence-corrected chi connectivity index (χ1v) is 6.25. The number of hydrogen-bond donors (Lipinski definition) is 1. The Hall–Kier alpha value is -0.380. The number of nitrogens with one attached hydrogen (secondary N) is 1. The quantitative estimate of drug-likeness (QED) is 0.550. The molecule has 0 radical (unpaired) electrons. The summed E-state index contributed by atoms with van der Waals surface area (Å²) in [5, 5.41) is 3.59. The third-order valence-corrected chi connectivity index (χ3v) is 3.23. The van der Waals surface area contributed by atoms with Crippen LogP contribution in [0.3, 0.4) is 0 Å². The van der Waals surface area contributed by atoms with Crippen molar-refractivity contribution in [2.24, 2.45) is 0 Å². The Morgan fingerprint density at radius 2 is 2.31 bits per heavy atom. The normalized spacial score (nSPS) is 26.9. The van der Waals surface area contributed by atoms with E-state index in [0.717, 1.165) is 38.4 Å². The van der Waals surface area contributed by atoms with E-state index in [1.165, 1.54) is 6.42 Å². The third kappa shape index (κ3) is 4.64. The van der Waals surface area contributed by atoms with Crippen LogP contribution in [0.4, 0.5) is 0 Å². The SMILES string of the molecule is C=C(C)COCCN1CCNC(C)(CC)C1. The van der Waals surface area contributed by atoms with E-state index in [2.05, 4.69) is 30.6 Å². The number of piperazine rings is 1. The molecule has 3 nitrogen and oxygen atoms in total. The van der Waals surface area contributed by atoms with Crippen LogP contribution < -0.4 is 5.32 Å². The molecule has 1 unspecified atom stereocenters. The van der Waals surface area contributed by atoms with Crippen molar-refractivity contribution in [2.75, 3.05) is 39.4 Å². The van der Waals surface area contributed by atoms with Gasteiger partial charge in [0.05, 0.1) is 13.2 Å². The molecule has 0 saturated carbocycles. The molecule has 0 aromatic rings. The summed E-state index contributed by atoms with van der Waals surface area (Å²) < 4.78 is 5.54. The standard InChI is InChI=1S/C13H26N2O/c1-5-13(4)11-15(7-6-14-13)8-9-16-10-12(2)3/h14H,2,5-11H2,1,3-4H3. The summed E-state index contributed by atoms with van der Waals surface area (Å²) >= 11 is 0. The molecule has 1 heterocycles. The van der Waals surface area contributed by atoms with Gasteiger partial charge in [0.2, 0.25) is 0 Å². The van der Waals surface area contributed by atoms with Gasteiger partial charge in [-0.2, -0.15) is 0 Å².